The number of hydrogen-bond acceptors (Lipinski definition) is 5. The lowest BCUT2D eigenvalue weighted by molar-refractivity contribution is 0.0955. The van der Waals surface area contributed by atoms with E-state index in [1.807, 2.05) is 36.4 Å². The zero-order valence-electron chi connectivity index (χ0n) is 18.6. The minimum atomic E-state index is -0.282. The molecule has 1 amide bonds. The highest BCUT2D eigenvalue weighted by Crippen LogP contribution is 2.30. The highest BCUT2D eigenvalue weighted by Gasteiger charge is 2.10. The van der Waals surface area contributed by atoms with Crippen LogP contribution in [0.1, 0.15) is 33.5 Å². The van der Waals surface area contributed by atoms with E-state index >= 15 is 0 Å². The quantitative estimate of drug-likeness (QED) is 0.280. The number of aryl methyl sites for hydroxylation is 1. The summed E-state index contributed by atoms with van der Waals surface area (Å²) in [6.07, 6.45) is 2.25. The average Bonchev–Trinajstić information content (AvgIpc) is 2.82. The molecule has 166 valence electrons. The number of para-hydroxylation sites is 1. The third kappa shape index (κ3) is 6.11. The van der Waals surface area contributed by atoms with Crippen LogP contribution in [-0.4, -0.2) is 32.4 Å². The van der Waals surface area contributed by atoms with Gasteiger partial charge in [0.2, 0.25) is 0 Å². The summed E-state index contributed by atoms with van der Waals surface area (Å²) in [6, 6.07) is 20.5. The normalized spacial score (nSPS) is 10.7. The summed E-state index contributed by atoms with van der Waals surface area (Å²) in [4.78, 5) is 12.2. The Bertz CT molecular complexity index is 1060. The summed E-state index contributed by atoms with van der Waals surface area (Å²) in [5.41, 5.74) is 6.12. The van der Waals surface area contributed by atoms with Gasteiger partial charge in [-0.05, 0) is 55.3 Å². The zero-order chi connectivity index (χ0) is 22.8. The van der Waals surface area contributed by atoms with Crippen LogP contribution >= 0.6 is 0 Å². The van der Waals surface area contributed by atoms with E-state index in [2.05, 4.69) is 30.4 Å². The van der Waals surface area contributed by atoms with Gasteiger partial charge in [-0.25, -0.2) is 5.43 Å². The second kappa shape index (κ2) is 11.6. The molecule has 3 aromatic rings. The number of ether oxygens (including phenoxy) is 3. The maximum absolute atomic E-state index is 12.2. The molecule has 0 aliphatic carbocycles. The number of nitrogens with one attached hydrogen (secondary N) is 1. The van der Waals surface area contributed by atoms with Crippen molar-refractivity contribution in [3.8, 4) is 17.2 Å². The fourth-order valence-electron chi connectivity index (χ4n) is 3.06. The number of methoxy groups -OCH3 is 1. The Labute approximate surface area is 188 Å². The molecule has 3 rings (SSSR count). The summed E-state index contributed by atoms with van der Waals surface area (Å²) in [5.74, 6) is 1.78. The first-order chi connectivity index (χ1) is 15.6. The SMILES string of the molecule is COc1cccc(/C=N/NC(=O)c2ccccc2)c1OCCCOc1cccc(C)c1C. The van der Waals surface area contributed by atoms with Gasteiger partial charge in [-0.2, -0.15) is 5.10 Å². The monoisotopic (exact) mass is 432 g/mol. The molecule has 1 N–H and O–H groups in total. The van der Waals surface area contributed by atoms with Crippen LogP contribution in [0.3, 0.4) is 0 Å². The van der Waals surface area contributed by atoms with Crippen LogP contribution < -0.4 is 19.6 Å². The third-order valence-corrected chi connectivity index (χ3v) is 4.98. The lowest BCUT2D eigenvalue weighted by Gasteiger charge is -2.14. The van der Waals surface area contributed by atoms with Crippen LogP contribution in [0, 0.1) is 13.8 Å². The van der Waals surface area contributed by atoms with Crippen LogP contribution in [0.5, 0.6) is 17.2 Å². The van der Waals surface area contributed by atoms with Crippen LogP contribution in [-0.2, 0) is 0 Å². The van der Waals surface area contributed by atoms with E-state index in [4.69, 9.17) is 14.2 Å². The lowest BCUT2D eigenvalue weighted by Crippen LogP contribution is -2.17. The van der Waals surface area contributed by atoms with Gasteiger partial charge in [0.15, 0.2) is 11.5 Å². The lowest BCUT2D eigenvalue weighted by atomic mass is 10.1. The molecule has 0 radical (unpaired) electrons. The molecule has 0 aliphatic heterocycles. The van der Waals surface area contributed by atoms with Crippen molar-refractivity contribution in [1.82, 2.24) is 5.43 Å². The highest BCUT2D eigenvalue weighted by molar-refractivity contribution is 5.95. The maximum Gasteiger partial charge on any atom is 0.271 e. The average molecular weight is 433 g/mol. The summed E-state index contributed by atoms with van der Waals surface area (Å²) in [6.45, 7) is 5.11. The third-order valence-electron chi connectivity index (χ3n) is 4.98. The Kier molecular flexibility index (Phi) is 8.26. The number of hydrogen-bond donors (Lipinski definition) is 1. The van der Waals surface area contributed by atoms with Crippen molar-refractivity contribution in [3.63, 3.8) is 0 Å². The molecule has 0 fully saturated rings. The number of carbonyl (C=O) groups excluding carboxylic acids is 1. The van der Waals surface area contributed by atoms with Crippen molar-refractivity contribution in [2.75, 3.05) is 20.3 Å². The van der Waals surface area contributed by atoms with Gasteiger partial charge in [-0.1, -0.05) is 36.4 Å². The molecule has 0 heterocycles. The first-order valence-electron chi connectivity index (χ1n) is 10.5. The minimum absolute atomic E-state index is 0.282. The summed E-state index contributed by atoms with van der Waals surface area (Å²) < 4.78 is 17.3. The Morgan fingerprint density at radius 3 is 2.41 bits per heavy atom. The van der Waals surface area contributed by atoms with Gasteiger partial charge >= 0.3 is 0 Å². The van der Waals surface area contributed by atoms with Gasteiger partial charge in [0, 0.05) is 17.5 Å². The van der Waals surface area contributed by atoms with Gasteiger partial charge in [0.1, 0.15) is 5.75 Å². The number of rotatable bonds is 10. The van der Waals surface area contributed by atoms with Gasteiger partial charge in [0.05, 0.1) is 26.5 Å². The van der Waals surface area contributed by atoms with Crippen LogP contribution in [0.25, 0.3) is 0 Å². The van der Waals surface area contributed by atoms with Gasteiger partial charge in [-0.15, -0.1) is 0 Å². The van der Waals surface area contributed by atoms with Gasteiger partial charge in [0.25, 0.3) is 5.91 Å². The molecule has 3 aromatic carbocycles. The standard InChI is InChI=1S/C26H28N2O4/c1-19-10-7-14-23(20(19)2)31-16-9-17-32-25-22(13-8-15-24(25)30-3)18-27-28-26(29)21-11-5-4-6-12-21/h4-8,10-15,18H,9,16-17H2,1-3H3,(H,28,29)/b27-18+. The van der Waals surface area contributed by atoms with E-state index < -0.39 is 0 Å². The molecule has 6 heteroatoms. The summed E-state index contributed by atoms with van der Waals surface area (Å²) in [7, 11) is 1.59. The largest absolute Gasteiger partial charge is 0.493 e. The molecule has 0 saturated carbocycles. The molecule has 0 spiro atoms. The predicted octanol–water partition coefficient (Wildman–Crippen LogP) is 4.92. The zero-order valence-corrected chi connectivity index (χ0v) is 18.6. The first-order valence-corrected chi connectivity index (χ1v) is 10.5. The molecular weight excluding hydrogens is 404 g/mol. The van der Waals surface area contributed by atoms with Crippen molar-refractivity contribution in [1.29, 1.82) is 0 Å². The Hall–Kier alpha value is -3.80. The van der Waals surface area contributed by atoms with Crippen LogP contribution in [0.15, 0.2) is 71.8 Å². The molecule has 0 aliphatic rings. The molecule has 0 aromatic heterocycles. The van der Waals surface area contributed by atoms with Crippen LogP contribution in [0.2, 0.25) is 0 Å². The number of benzene rings is 3. The molecular formula is C26H28N2O4. The summed E-state index contributed by atoms with van der Waals surface area (Å²) in [5, 5.41) is 4.07. The Morgan fingerprint density at radius 2 is 1.62 bits per heavy atom. The highest BCUT2D eigenvalue weighted by atomic mass is 16.5. The second-order valence-corrected chi connectivity index (χ2v) is 7.19. The number of amides is 1. The fourth-order valence-corrected chi connectivity index (χ4v) is 3.06. The molecule has 0 bridgehead atoms. The van der Waals surface area contributed by atoms with Crippen LogP contribution in [0.4, 0.5) is 0 Å². The molecule has 0 unspecified atom stereocenters. The smallest absolute Gasteiger partial charge is 0.271 e. The maximum atomic E-state index is 12.2. The molecule has 0 saturated heterocycles. The summed E-state index contributed by atoms with van der Waals surface area (Å²) >= 11 is 0. The first kappa shape index (κ1) is 22.9. The second-order valence-electron chi connectivity index (χ2n) is 7.19. The fraction of sp³-hybridized carbons (Fsp3) is 0.231. The van der Waals surface area contributed by atoms with E-state index in [0.717, 1.165) is 11.3 Å². The van der Waals surface area contributed by atoms with E-state index in [9.17, 15) is 4.79 Å². The Balaban J connectivity index is 1.57. The van der Waals surface area contributed by atoms with Gasteiger partial charge in [-0.3, -0.25) is 4.79 Å². The van der Waals surface area contributed by atoms with Crippen molar-refractivity contribution in [2.45, 2.75) is 20.3 Å². The Morgan fingerprint density at radius 1 is 0.906 bits per heavy atom. The number of nitrogens with zero attached hydrogens (tertiary/aromatic N) is 1. The predicted molar refractivity (Wildman–Crippen MR) is 126 cm³/mol. The van der Waals surface area contributed by atoms with E-state index in [1.165, 1.54) is 5.56 Å². The number of hydrazone groups is 1. The number of carbonyl (C=O) groups is 1. The van der Waals surface area contributed by atoms with Gasteiger partial charge < -0.3 is 14.2 Å². The van der Waals surface area contributed by atoms with E-state index in [-0.39, 0.29) is 5.91 Å². The minimum Gasteiger partial charge on any atom is -0.493 e. The molecule has 6 nitrogen and oxygen atoms in total. The van der Waals surface area contributed by atoms with Crippen molar-refractivity contribution < 1.29 is 19.0 Å². The van der Waals surface area contributed by atoms with Crippen molar-refractivity contribution in [3.05, 3.63) is 89.0 Å². The molecule has 32 heavy (non-hydrogen) atoms. The van der Waals surface area contributed by atoms with Crippen molar-refractivity contribution in [2.24, 2.45) is 5.10 Å². The van der Waals surface area contributed by atoms with Crippen molar-refractivity contribution >= 4 is 12.1 Å². The topological polar surface area (TPSA) is 69.2 Å². The van der Waals surface area contributed by atoms with E-state index in [0.29, 0.717) is 42.3 Å². The van der Waals surface area contributed by atoms with E-state index in [1.54, 1.807) is 37.6 Å². The molecule has 0 atom stereocenters.